The minimum absolute atomic E-state index is 0.0882. The molecule has 110 valence electrons. The van der Waals surface area contributed by atoms with E-state index in [0.717, 1.165) is 0 Å². The summed E-state index contributed by atoms with van der Waals surface area (Å²) in [4.78, 5) is 24.3. The largest absolute Gasteiger partial charge is 0.495 e. The minimum atomic E-state index is -0.958. The molecule has 0 saturated carbocycles. The monoisotopic (exact) mass is 299 g/mol. The Labute approximate surface area is 123 Å². The lowest BCUT2D eigenvalue weighted by Gasteiger charge is -2.24. The van der Waals surface area contributed by atoms with Crippen molar-refractivity contribution in [1.82, 2.24) is 0 Å². The zero-order valence-electron chi connectivity index (χ0n) is 11.6. The van der Waals surface area contributed by atoms with Gasteiger partial charge < -0.3 is 14.7 Å². The average molecular weight is 300 g/mol. The highest BCUT2D eigenvalue weighted by atomic mass is 35.5. The number of carboxylic acids is 1. The van der Waals surface area contributed by atoms with Gasteiger partial charge >= 0.3 is 5.97 Å². The summed E-state index contributed by atoms with van der Waals surface area (Å²) in [7, 11) is 1.49. The van der Waals surface area contributed by atoms with E-state index in [4.69, 9.17) is 21.4 Å². The molecule has 0 unspecified atom stereocenters. The molecular weight excluding hydrogens is 282 g/mol. The second-order valence-electron chi connectivity index (χ2n) is 4.26. The maximum atomic E-state index is 12.2. The Bertz CT molecular complexity index is 490. The smallest absolute Gasteiger partial charge is 0.305 e. The molecule has 20 heavy (non-hydrogen) atoms. The van der Waals surface area contributed by atoms with Crippen molar-refractivity contribution in [3.63, 3.8) is 0 Å². The van der Waals surface area contributed by atoms with Gasteiger partial charge in [-0.05, 0) is 24.6 Å². The Balaban J connectivity index is 3.11. The fraction of sp³-hybridized carbons (Fsp3) is 0.429. The van der Waals surface area contributed by atoms with Crippen molar-refractivity contribution in [3.8, 4) is 5.75 Å². The summed E-state index contributed by atoms with van der Waals surface area (Å²) in [5.41, 5.74) is 0.500. The van der Waals surface area contributed by atoms with Gasteiger partial charge in [0.05, 0.1) is 19.2 Å². The SMILES string of the molecule is CCCC(=O)N(CCC(=O)O)c1cc(Cl)ccc1OC. The Hall–Kier alpha value is -1.75. The molecule has 1 aromatic rings. The summed E-state index contributed by atoms with van der Waals surface area (Å²) >= 11 is 5.95. The number of hydrogen-bond donors (Lipinski definition) is 1. The number of aliphatic carboxylic acids is 1. The van der Waals surface area contributed by atoms with Crippen molar-refractivity contribution in [2.75, 3.05) is 18.6 Å². The van der Waals surface area contributed by atoms with Gasteiger partial charge in [-0.25, -0.2) is 0 Å². The molecule has 1 rings (SSSR count). The molecule has 0 aliphatic heterocycles. The number of benzene rings is 1. The van der Waals surface area contributed by atoms with Crippen LogP contribution in [0.3, 0.4) is 0 Å². The number of hydrogen-bond acceptors (Lipinski definition) is 3. The molecule has 0 atom stereocenters. The van der Waals surface area contributed by atoms with E-state index in [2.05, 4.69) is 0 Å². The quantitative estimate of drug-likeness (QED) is 0.840. The number of carbonyl (C=O) groups excluding carboxylic acids is 1. The molecule has 0 fully saturated rings. The van der Waals surface area contributed by atoms with Crippen LogP contribution in [-0.4, -0.2) is 30.6 Å². The van der Waals surface area contributed by atoms with Crippen molar-refractivity contribution in [2.45, 2.75) is 26.2 Å². The van der Waals surface area contributed by atoms with Crippen LogP contribution in [0.1, 0.15) is 26.2 Å². The van der Waals surface area contributed by atoms with E-state index in [1.54, 1.807) is 18.2 Å². The fourth-order valence-corrected chi connectivity index (χ4v) is 1.98. The van der Waals surface area contributed by atoms with E-state index < -0.39 is 5.97 Å². The van der Waals surface area contributed by atoms with E-state index in [9.17, 15) is 9.59 Å². The first-order chi connectivity index (χ1) is 9.49. The second-order valence-corrected chi connectivity index (χ2v) is 4.69. The number of halogens is 1. The fourth-order valence-electron chi connectivity index (χ4n) is 1.81. The van der Waals surface area contributed by atoms with Crippen LogP contribution in [0, 0.1) is 0 Å². The van der Waals surface area contributed by atoms with Crippen molar-refractivity contribution in [3.05, 3.63) is 23.2 Å². The summed E-state index contributed by atoms with van der Waals surface area (Å²) in [5, 5.41) is 9.27. The number of amides is 1. The van der Waals surface area contributed by atoms with Gasteiger partial charge in [-0.15, -0.1) is 0 Å². The summed E-state index contributed by atoms with van der Waals surface area (Å²) < 4.78 is 5.22. The van der Waals surface area contributed by atoms with Crippen LogP contribution < -0.4 is 9.64 Å². The van der Waals surface area contributed by atoms with E-state index >= 15 is 0 Å². The van der Waals surface area contributed by atoms with E-state index in [0.29, 0.717) is 29.3 Å². The Kier molecular flexibility index (Phi) is 6.31. The number of carbonyl (C=O) groups is 2. The first kappa shape index (κ1) is 16.3. The predicted molar refractivity (Wildman–Crippen MR) is 77.5 cm³/mol. The summed E-state index contributed by atoms with van der Waals surface area (Å²) in [6.07, 6.45) is 0.895. The molecule has 6 heteroatoms. The maximum absolute atomic E-state index is 12.2. The molecule has 1 N–H and O–H groups in total. The van der Waals surface area contributed by atoms with Crippen LogP contribution in [0.25, 0.3) is 0 Å². The molecule has 0 heterocycles. The first-order valence-corrected chi connectivity index (χ1v) is 6.73. The molecule has 0 aromatic heterocycles. The second kappa shape index (κ2) is 7.75. The highest BCUT2D eigenvalue weighted by Crippen LogP contribution is 2.32. The molecule has 5 nitrogen and oxygen atoms in total. The van der Waals surface area contributed by atoms with Crippen molar-refractivity contribution in [2.24, 2.45) is 0 Å². The lowest BCUT2D eigenvalue weighted by Crippen LogP contribution is -2.33. The molecule has 1 aromatic carbocycles. The van der Waals surface area contributed by atoms with Gasteiger partial charge in [0.15, 0.2) is 0 Å². The Morgan fingerprint density at radius 3 is 2.60 bits per heavy atom. The van der Waals surface area contributed by atoms with Gasteiger partial charge in [-0.2, -0.15) is 0 Å². The lowest BCUT2D eigenvalue weighted by molar-refractivity contribution is -0.136. The number of nitrogens with zero attached hydrogens (tertiary/aromatic N) is 1. The van der Waals surface area contributed by atoms with Gasteiger partial charge in [-0.1, -0.05) is 18.5 Å². The van der Waals surface area contributed by atoms with Crippen LogP contribution in [0.5, 0.6) is 5.75 Å². The third-order valence-corrected chi connectivity index (χ3v) is 2.98. The zero-order valence-corrected chi connectivity index (χ0v) is 12.3. The molecule has 0 spiro atoms. The standard InChI is InChI=1S/C14H18ClNO4/c1-3-4-13(17)16(8-7-14(18)19)11-9-10(15)5-6-12(11)20-2/h5-6,9H,3-4,7-8H2,1-2H3,(H,18,19). The molecular formula is C14H18ClNO4. The van der Waals surface area contributed by atoms with Crippen molar-refractivity contribution >= 4 is 29.2 Å². The zero-order chi connectivity index (χ0) is 15.1. The van der Waals surface area contributed by atoms with E-state index in [1.807, 2.05) is 6.92 Å². The molecule has 0 aliphatic carbocycles. The molecule has 0 saturated heterocycles. The lowest BCUT2D eigenvalue weighted by atomic mass is 10.2. The predicted octanol–water partition coefficient (Wildman–Crippen LogP) is 2.96. The van der Waals surface area contributed by atoms with Gasteiger partial charge in [0, 0.05) is 18.0 Å². The maximum Gasteiger partial charge on any atom is 0.305 e. The van der Waals surface area contributed by atoms with Crippen LogP contribution in [-0.2, 0) is 9.59 Å². The average Bonchev–Trinajstić information content (AvgIpc) is 2.39. The highest BCUT2D eigenvalue weighted by Gasteiger charge is 2.20. The summed E-state index contributed by atoms with van der Waals surface area (Å²) in [6, 6.07) is 4.92. The number of ether oxygens (including phenoxy) is 1. The summed E-state index contributed by atoms with van der Waals surface area (Å²) in [5.74, 6) is -0.612. The van der Waals surface area contributed by atoms with E-state index in [1.165, 1.54) is 12.0 Å². The van der Waals surface area contributed by atoms with E-state index in [-0.39, 0.29) is 18.9 Å². The number of anilines is 1. The highest BCUT2D eigenvalue weighted by molar-refractivity contribution is 6.31. The van der Waals surface area contributed by atoms with Gasteiger partial charge in [0.2, 0.25) is 5.91 Å². The third-order valence-electron chi connectivity index (χ3n) is 2.75. The van der Waals surface area contributed by atoms with Gasteiger partial charge in [-0.3, -0.25) is 9.59 Å². The number of methoxy groups -OCH3 is 1. The van der Waals surface area contributed by atoms with Gasteiger partial charge in [0.25, 0.3) is 0 Å². The first-order valence-electron chi connectivity index (χ1n) is 6.35. The third kappa shape index (κ3) is 4.42. The topological polar surface area (TPSA) is 66.8 Å². The van der Waals surface area contributed by atoms with Crippen LogP contribution >= 0.6 is 11.6 Å². The molecule has 0 aliphatic rings. The molecule has 0 bridgehead atoms. The Morgan fingerprint density at radius 1 is 1.35 bits per heavy atom. The van der Waals surface area contributed by atoms with Crippen molar-refractivity contribution < 1.29 is 19.4 Å². The Morgan fingerprint density at radius 2 is 2.05 bits per heavy atom. The van der Waals surface area contributed by atoms with Crippen LogP contribution in [0.2, 0.25) is 5.02 Å². The molecule has 0 radical (unpaired) electrons. The van der Waals surface area contributed by atoms with Crippen LogP contribution in [0.15, 0.2) is 18.2 Å². The summed E-state index contributed by atoms with van der Waals surface area (Å²) in [6.45, 7) is 1.98. The normalized spacial score (nSPS) is 10.2. The van der Waals surface area contributed by atoms with Gasteiger partial charge in [0.1, 0.15) is 5.75 Å². The molecule has 1 amide bonds. The van der Waals surface area contributed by atoms with Crippen molar-refractivity contribution in [1.29, 1.82) is 0 Å². The number of carboxylic acid groups (broad SMARTS) is 1. The van der Waals surface area contributed by atoms with Crippen LogP contribution in [0.4, 0.5) is 5.69 Å². The number of rotatable bonds is 7. The minimum Gasteiger partial charge on any atom is -0.495 e.